The van der Waals surface area contributed by atoms with E-state index in [0.29, 0.717) is 11.4 Å². The van der Waals surface area contributed by atoms with Crippen LogP contribution >= 0.6 is 11.6 Å². The maximum absolute atomic E-state index is 6.59. The van der Waals surface area contributed by atoms with Gasteiger partial charge in [-0.1, -0.05) is 29.8 Å². The normalized spacial score (nSPS) is 17.1. The average molecular weight is 301 g/mol. The fourth-order valence-electron chi connectivity index (χ4n) is 3.13. The minimum Gasteiger partial charge on any atom is -0.321 e. The monoisotopic (exact) mass is 300 g/mol. The largest absolute Gasteiger partial charge is 0.321 e. The molecule has 3 heteroatoms. The summed E-state index contributed by atoms with van der Waals surface area (Å²) in [6.07, 6.45) is 9.13. The van der Waals surface area contributed by atoms with E-state index in [2.05, 4.69) is 30.1 Å². The quantitative estimate of drug-likeness (QED) is 0.929. The third-order valence-electron chi connectivity index (χ3n) is 4.42. The summed E-state index contributed by atoms with van der Waals surface area (Å²) < 4.78 is 0. The highest BCUT2D eigenvalue weighted by molar-refractivity contribution is 6.31. The molecule has 0 amide bonds. The Morgan fingerprint density at radius 1 is 1.19 bits per heavy atom. The van der Waals surface area contributed by atoms with Crippen LogP contribution in [0.15, 0.2) is 36.7 Å². The van der Waals surface area contributed by atoms with Gasteiger partial charge in [-0.3, -0.25) is 4.98 Å². The van der Waals surface area contributed by atoms with Crippen molar-refractivity contribution in [2.45, 2.75) is 44.6 Å². The van der Waals surface area contributed by atoms with E-state index in [4.69, 9.17) is 17.3 Å². The highest BCUT2D eigenvalue weighted by Gasteiger charge is 2.24. The molecule has 2 nitrogen and oxygen atoms in total. The highest BCUT2D eigenvalue weighted by Crippen LogP contribution is 2.30. The fraction of sp³-hybridized carbons (Fsp3) is 0.389. The second-order valence-electron chi connectivity index (χ2n) is 6.25. The predicted octanol–water partition coefficient (Wildman–Crippen LogP) is 4.03. The van der Waals surface area contributed by atoms with E-state index in [0.717, 1.165) is 5.56 Å². The van der Waals surface area contributed by atoms with Crippen LogP contribution in [-0.2, 0) is 24.8 Å². The van der Waals surface area contributed by atoms with Crippen LogP contribution in [0, 0.1) is 0 Å². The van der Waals surface area contributed by atoms with Crippen LogP contribution in [-0.4, -0.2) is 4.98 Å². The van der Waals surface area contributed by atoms with Crippen molar-refractivity contribution in [3.05, 3.63) is 63.9 Å². The van der Waals surface area contributed by atoms with Gasteiger partial charge in [-0.25, -0.2) is 0 Å². The van der Waals surface area contributed by atoms with Crippen molar-refractivity contribution < 1.29 is 0 Å². The molecule has 0 saturated heterocycles. The molecule has 3 rings (SSSR count). The Morgan fingerprint density at radius 3 is 2.71 bits per heavy atom. The van der Waals surface area contributed by atoms with E-state index in [1.54, 1.807) is 12.4 Å². The lowest BCUT2D eigenvalue weighted by Crippen LogP contribution is -2.35. The summed E-state index contributed by atoms with van der Waals surface area (Å²) in [5.41, 5.74) is 11.4. The van der Waals surface area contributed by atoms with Crippen LogP contribution in [0.2, 0.25) is 5.02 Å². The summed E-state index contributed by atoms with van der Waals surface area (Å²) in [6, 6.07) is 8.68. The minimum atomic E-state index is -0.419. The van der Waals surface area contributed by atoms with Gasteiger partial charge in [-0.15, -0.1) is 0 Å². The third kappa shape index (κ3) is 3.12. The Bertz CT molecular complexity index is 649. The molecule has 2 aromatic rings. The van der Waals surface area contributed by atoms with Crippen molar-refractivity contribution in [1.29, 1.82) is 0 Å². The Morgan fingerprint density at radius 2 is 1.95 bits per heavy atom. The van der Waals surface area contributed by atoms with Crippen molar-refractivity contribution in [3.63, 3.8) is 0 Å². The first kappa shape index (κ1) is 14.6. The minimum absolute atomic E-state index is 0.419. The van der Waals surface area contributed by atoms with Gasteiger partial charge < -0.3 is 5.73 Å². The molecule has 1 aromatic heterocycles. The molecule has 1 aliphatic rings. The summed E-state index contributed by atoms with van der Waals surface area (Å²) in [5, 5.41) is 0.687. The maximum Gasteiger partial charge on any atom is 0.0622 e. The molecule has 110 valence electrons. The lowest BCUT2D eigenvalue weighted by Gasteiger charge is -2.28. The Balaban J connectivity index is 1.89. The summed E-state index contributed by atoms with van der Waals surface area (Å²) >= 11 is 6.22. The Labute approximate surface area is 131 Å². The zero-order chi connectivity index (χ0) is 14.9. The van der Waals surface area contributed by atoms with Gasteiger partial charge in [0, 0.05) is 17.9 Å². The summed E-state index contributed by atoms with van der Waals surface area (Å²) in [7, 11) is 0. The van der Waals surface area contributed by atoms with Crippen molar-refractivity contribution in [3.8, 4) is 0 Å². The van der Waals surface area contributed by atoms with Crippen molar-refractivity contribution in [2.24, 2.45) is 5.73 Å². The SMILES string of the molecule is CC(N)(Cc1ccncc1Cl)c1ccc2c(c1)CCCC2. The molecule has 0 saturated carbocycles. The summed E-state index contributed by atoms with van der Waals surface area (Å²) in [5.74, 6) is 0. The number of hydrogen-bond donors (Lipinski definition) is 1. The highest BCUT2D eigenvalue weighted by atomic mass is 35.5. The van der Waals surface area contributed by atoms with Crippen LogP contribution in [0.4, 0.5) is 0 Å². The molecular weight excluding hydrogens is 280 g/mol. The van der Waals surface area contributed by atoms with Crippen molar-refractivity contribution in [1.82, 2.24) is 4.98 Å². The van der Waals surface area contributed by atoms with Gasteiger partial charge in [0.2, 0.25) is 0 Å². The van der Waals surface area contributed by atoms with E-state index in [1.807, 2.05) is 6.07 Å². The van der Waals surface area contributed by atoms with Gasteiger partial charge in [-0.05, 0) is 67.3 Å². The average Bonchev–Trinajstić information content (AvgIpc) is 2.49. The number of aryl methyl sites for hydroxylation is 2. The number of halogens is 1. The third-order valence-corrected chi connectivity index (χ3v) is 4.76. The molecule has 1 heterocycles. The van der Waals surface area contributed by atoms with E-state index in [1.165, 1.54) is 42.4 Å². The van der Waals surface area contributed by atoms with Gasteiger partial charge in [0.05, 0.1) is 5.02 Å². The van der Waals surface area contributed by atoms with E-state index in [-0.39, 0.29) is 0 Å². The number of aromatic nitrogens is 1. The van der Waals surface area contributed by atoms with Crippen LogP contribution in [0.3, 0.4) is 0 Å². The molecule has 1 aromatic carbocycles. The van der Waals surface area contributed by atoms with Crippen molar-refractivity contribution >= 4 is 11.6 Å². The molecule has 0 aliphatic heterocycles. The number of nitrogens with two attached hydrogens (primary N) is 1. The fourth-order valence-corrected chi connectivity index (χ4v) is 3.32. The summed E-state index contributed by atoms with van der Waals surface area (Å²) in [6.45, 7) is 2.08. The predicted molar refractivity (Wildman–Crippen MR) is 87.6 cm³/mol. The lowest BCUT2D eigenvalue weighted by atomic mass is 9.82. The second kappa shape index (κ2) is 5.78. The zero-order valence-corrected chi connectivity index (χ0v) is 13.2. The first-order valence-electron chi connectivity index (χ1n) is 7.56. The van der Waals surface area contributed by atoms with Crippen LogP contribution in [0.5, 0.6) is 0 Å². The molecule has 1 unspecified atom stereocenters. The molecule has 2 N–H and O–H groups in total. The second-order valence-corrected chi connectivity index (χ2v) is 6.66. The zero-order valence-electron chi connectivity index (χ0n) is 12.4. The Kier molecular flexibility index (Phi) is 4.01. The van der Waals surface area contributed by atoms with E-state index in [9.17, 15) is 0 Å². The number of rotatable bonds is 3. The van der Waals surface area contributed by atoms with Gasteiger partial charge in [0.25, 0.3) is 0 Å². The molecule has 0 radical (unpaired) electrons. The number of hydrogen-bond acceptors (Lipinski definition) is 2. The molecule has 1 aliphatic carbocycles. The molecule has 1 atom stereocenters. The standard InChI is InChI=1S/C18H21ClN2/c1-18(20,11-15-8-9-21-12-17(15)19)16-7-6-13-4-2-3-5-14(13)10-16/h6-10,12H,2-5,11,20H2,1H3. The van der Waals surface area contributed by atoms with Crippen LogP contribution in [0.1, 0.15) is 42.0 Å². The Hall–Kier alpha value is -1.38. The van der Waals surface area contributed by atoms with Gasteiger partial charge in [0.1, 0.15) is 0 Å². The van der Waals surface area contributed by atoms with Gasteiger partial charge in [0.15, 0.2) is 0 Å². The van der Waals surface area contributed by atoms with Crippen LogP contribution < -0.4 is 5.73 Å². The van der Waals surface area contributed by atoms with Gasteiger partial charge in [-0.2, -0.15) is 0 Å². The molecular formula is C18H21ClN2. The number of pyridine rings is 1. The lowest BCUT2D eigenvalue weighted by molar-refractivity contribution is 0.489. The number of benzene rings is 1. The first-order chi connectivity index (χ1) is 10.1. The number of fused-ring (bicyclic) bond motifs is 1. The first-order valence-corrected chi connectivity index (χ1v) is 7.93. The van der Waals surface area contributed by atoms with Gasteiger partial charge >= 0.3 is 0 Å². The van der Waals surface area contributed by atoms with E-state index >= 15 is 0 Å². The molecule has 0 spiro atoms. The maximum atomic E-state index is 6.59. The van der Waals surface area contributed by atoms with E-state index < -0.39 is 5.54 Å². The summed E-state index contributed by atoms with van der Waals surface area (Å²) in [4.78, 5) is 4.03. The molecule has 0 fully saturated rings. The number of nitrogens with zero attached hydrogens (tertiary/aromatic N) is 1. The smallest absolute Gasteiger partial charge is 0.0622 e. The molecule has 0 bridgehead atoms. The van der Waals surface area contributed by atoms with Crippen molar-refractivity contribution in [2.75, 3.05) is 0 Å². The molecule has 21 heavy (non-hydrogen) atoms. The topological polar surface area (TPSA) is 38.9 Å². The van der Waals surface area contributed by atoms with Crippen LogP contribution in [0.25, 0.3) is 0 Å².